The maximum absolute atomic E-state index is 12.6. The van der Waals surface area contributed by atoms with Crippen LogP contribution in [0, 0.1) is 0 Å². The Morgan fingerprint density at radius 3 is 2.67 bits per heavy atom. The molecule has 1 aromatic heterocycles. The van der Waals surface area contributed by atoms with Gasteiger partial charge in [-0.2, -0.15) is 0 Å². The molecule has 0 aliphatic carbocycles. The molecule has 0 radical (unpaired) electrons. The quantitative estimate of drug-likeness (QED) is 0.870. The molecule has 0 unspecified atom stereocenters. The molecule has 1 saturated heterocycles. The number of benzene rings is 1. The van der Waals surface area contributed by atoms with Gasteiger partial charge in [-0.05, 0) is 34.6 Å². The van der Waals surface area contributed by atoms with Gasteiger partial charge in [0.1, 0.15) is 17.8 Å². The lowest BCUT2D eigenvalue weighted by atomic mass is 10.2. The second kappa shape index (κ2) is 7.72. The number of hydrogen-bond donors (Lipinski definition) is 1. The zero-order valence-corrected chi connectivity index (χ0v) is 15.2. The molecular formula is C17H20BrN5O. The number of nitrogens with zero attached hydrogens (tertiary/aromatic N) is 4. The first-order valence-corrected chi connectivity index (χ1v) is 8.82. The summed E-state index contributed by atoms with van der Waals surface area (Å²) in [6.45, 7) is 6.47. The number of carbonyl (C=O) groups excluding carboxylic acids is 1. The molecular weight excluding hydrogens is 370 g/mol. The topological polar surface area (TPSA) is 61.4 Å². The van der Waals surface area contributed by atoms with E-state index in [1.54, 1.807) is 6.07 Å². The molecule has 0 saturated carbocycles. The van der Waals surface area contributed by atoms with Crippen LogP contribution in [0.5, 0.6) is 0 Å². The summed E-state index contributed by atoms with van der Waals surface area (Å²) >= 11 is 3.49. The van der Waals surface area contributed by atoms with Crippen molar-refractivity contribution in [3.8, 4) is 0 Å². The van der Waals surface area contributed by atoms with Crippen molar-refractivity contribution in [2.24, 2.45) is 0 Å². The Bertz CT molecular complexity index is 716. The van der Waals surface area contributed by atoms with Crippen LogP contribution >= 0.6 is 15.9 Å². The van der Waals surface area contributed by atoms with Crippen LogP contribution in [0.2, 0.25) is 0 Å². The van der Waals surface area contributed by atoms with E-state index in [4.69, 9.17) is 0 Å². The largest absolute Gasteiger partial charge is 0.339 e. The van der Waals surface area contributed by atoms with Crippen molar-refractivity contribution in [3.05, 3.63) is 46.8 Å². The molecule has 3 rings (SSSR count). The Balaban J connectivity index is 1.71. The third-order valence-electron chi connectivity index (χ3n) is 4.13. The van der Waals surface area contributed by atoms with Crippen LogP contribution in [-0.2, 0) is 0 Å². The van der Waals surface area contributed by atoms with Crippen molar-refractivity contribution in [1.82, 2.24) is 19.8 Å². The van der Waals surface area contributed by atoms with E-state index in [-0.39, 0.29) is 5.91 Å². The third-order valence-corrected chi connectivity index (χ3v) is 4.82. The number of piperazine rings is 1. The molecule has 0 bridgehead atoms. The summed E-state index contributed by atoms with van der Waals surface area (Å²) < 4.78 is 0.937. The molecule has 1 fully saturated rings. The first-order chi connectivity index (χ1) is 11.7. The number of rotatable bonds is 4. The SMILES string of the molecule is CCN1CCN(C(=O)c2cc(Nc3ccccc3Br)ncn2)CC1. The number of likely N-dealkylation sites (N-methyl/N-ethyl adjacent to an activating group) is 1. The number of anilines is 2. The highest BCUT2D eigenvalue weighted by Gasteiger charge is 2.22. The van der Waals surface area contributed by atoms with Crippen LogP contribution in [0.3, 0.4) is 0 Å². The molecule has 2 aromatic rings. The summed E-state index contributed by atoms with van der Waals surface area (Å²) in [5, 5.41) is 3.21. The zero-order chi connectivity index (χ0) is 16.9. The van der Waals surface area contributed by atoms with Gasteiger partial charge in [0.15, 0.2) is 0 Å². The zero-order valence-electron chi connectivity index (χ0n) is 13.6. The molecule has 0 atom stereocenters. The summed E-state index contributed by atoms with van der Waals surface area (Å²) in [7, 11) is 0. The Morgan fingerprint density at radius 1 is 1.21 bits per heavy atom. The number of amides is 1. The summed E-state index contributed by atoms with van der Waals surface area (Å²) in [4.78, 5) is 25.2. The van der Waals surface area contributed by atoms with Crippen LogP contribution in [0.4, 0.5) is 11.5 Å². The van der Waals surface area contributed by atoms with Crippen molar-refractivity contribution in [2.45, 2.75) is 6.92 Å². The Kier molecular flexibility index (Phi) is 5.42. The lowest BCUT2D eigenvalue weighted by molar-refractivity contribution is 0.0637. The molecule has 0 spiro atoms. The van der Waals surface area contributed by atoms with E-state index in [0.29, 0.717) is 11.5 Å². The van der Waals surface area contributed by atoms with Gasteiger partial charge < -0.3 is 15.1 Å². The number of carbonyl (C=O) groups is 1. The minimum Gasteiger partial charge on any atom is -0.339 e. The number of nitrogens with one attached hydrogen (secondary N) is 1. The molecule has 126 valence electrons. The molecule has 1 aliphatic rings. The molecule has 2 heterocycles. The summed E-state index contributed by atoms with van der Waals surface area (Å²) in [5.41, 5.74) is 1.32. The van der Waals surface area contributed by atoms with Crippen molar-refractivity contribution < 1.29 is 4.79 Å². The third kappa shape index (κ3) is 3.91. The molecule has 1 amide bonds. The second-order valence-electron chi connectivity index (χ2n) is 5.62. The van der Waals surface area contributed by atoms with Crippen molar-refractivity contribution in [1.29, 1.82) is 0 Å². The van der Waals surface area contributed by atoms with E-state index < -0.39 is 0 Å². The number of halogens is 1. The van der Waals surface area contributed by atoms with Crippen LogP contribution in [-0.4, -0.2) is 58.4 Å². The van der Waals surface area contributed by atoms with Gasteiger partial charge >= 0.3 is 0 Å². The smallest absolute Gasteiger partial charge is 0.272 e. The van der Waals surface area contributed by atoms with Gasteiger partial charge in [0.05, 0.1) is 5.69 Å². The van der Waals surface area contributed by atoms with Crippen LogP contribution in [0.1, 0.15) is 17.4 Å². The number of aromatic nitrogens is 2. The van der Waals surface area contributed by atoms with Crippen LogP contribution in [0.25, 0.3) is 0 Å². The molecule has 24 heavy (non-hydrogen) atoms. The molecule has 1 N–H and O–H groups in total. The fraction of sp³-hybridized carbons (Fsp3) is 0.353. The highest BCUT2D eigenvalue weighted by Crippen LogP contribution is 2.24. The van der Waals surface area contributed by atoms with Gasteiger partial charge in [-0.3, -0.25) is 4.79 Å². The summed E-state index contributed by atoms with van der Waals surface area (Å²) in [6, 6.07) is 9.47. The predicted molar refractivity (Wildman–Crippen MR) is 97.5 cm³/mol. The maximum atomic E-state index is 12.6. The second-order valence-corrected chi connectivity index (χ2v) is 6.47. The van der Waals surface area contributed by atoms with Gasteiger partial charge in [0, 0.05) is 36.7 Å². The van der Waals surface area contributed by atoms with Gasteiger partial charge in [-0.15, -0.1) is 0 Å². The van der Waals surface area contributed by atoms with E-state index in [0.717, 1.165) is 42.9 Å². The average Bonchev–Trinajstić information content (AvgIpc) is 2.63. The number of para-hydroxylation sites is 1. The highest BCUT2D eigenvalue weighted by molar-refractivity contribution is 9.10. The standard InChI is InChI=1S/C17H20BrN5O/c1-2-22-7-9-23(10-8-22)17(24)15-11-16(20-12-19-15)21-14-6-4-3-5-13(14)18/h3-6,11-12H,2,7-10H2,1H3,(H,19,20,21). The van der Waals surface area contributed by atoms with Crippen molar-refractivity contribution >= 4 is 33.3 Å². The van der Waals surface area contributed by atoms with E-state index >= 15 is 0 Å². The monoisotopic (exact) mass is 389 g/mol. The normalized spacial score (nSPS) is 15.3. The van der Waals surface area contributed by atoms with E-state index in [2.05, 4.69) is 43.0 Å². The summed E-state index contributed by atoms with van der Waals surface area (Å²) in [5.74, 6) is 0.566. The Hall–Kier alpha value is -1.99. The van der Waals surface area contributed by atoms with Gasteiger partial charge in [0.25, 0.3) is 5.91 Å². The Labute approximate surface area is 150 Å². The van der Waals surface area contributed by atoms with E-state index in [1.807, 2.05) is 29.2 Å². The Morgan fingerprint density at radius 2 is 1.96 bits per heavy atom. The predicted octanol–water partition coefficient (Wildman–Crippen LogP) is 2.76. The van der Waals surface area contributed by atoms with Crippen molar-refractivity contribution in [3.63, 3.8) is 0 Å². The molecule has 1 aliphatic heterocycles. The lowest BCUT2D eigenvalue weighted by Crippen LogP contribution is -2.48. The highest BCUT2D eigenvalue weighted by atomic mass is 79.9. The van der Waals surface area contributed by atoms with Gasteiger partial charge in [0.2, 0.25) is 0 Å². The van der Waals surface area contributed by atoms with Gasteiger partial charge in [-0.25, -0.2) is 9.97 Å². The average molecular weight is 390 g/mol. The first kappa shape index (κ1) is 16.9. The van der Waals surface area contributed by atoms with Crippen LogP contribution < -0.4 is 5.32 Å². The van der Waals surface area contributed by atoms with E-state index in [9.17, 15) is 4.79 Å². The molecule has 7 heteroatoms. The lowest BCUT2D eigenvalue weighted by Gasteiger charge is -2.33. The minimum atomic E-state index is -0.0386. The summed E-state index contributed by atoms with van der Waals surface area (Å²) in [6.07, 6.45) is 1.43. The van der Waals surface area contributed by atoms with Crippen LogP contribution in [0.15, 0.2) is 41.1 Å². The molecule has 1 aromatic carbocycles. The van der Waals surface area contributed by atoms with Crippen molar-refractivity contribution in [2.75, 3.05) is 38.0 Å². The fourth-order valence-electron chi connectivity index (χ4n) is 2.67. The first-order valence-electron chi connectivity index (χ1n) is 8.02. The van der Waals surface area contributed by atoms with E-state index in [1.165, 1.54) is 6.33 Å². The minimum absolute atomic E-state index is 0.0386. The maximum Gasteiger partial charge on any atom is 0.272 e. The molecule has 6 nitrogen and oxygen atoms in total. The number of hydrogen-bond acceptors (Lipinski definition) is 5. The fourth-order valence-corrected chi connectivity index (χ4v) is 3.06. The van der Waals surface area contributed by atoms with Gasteiger partial charge in [-0.1, -0.05) is 19.1 Å².